The van der Waals surface area contributed by atoms with Gasteiger partial charge in [0.25, 0.3) is 0 Å². The molecule has 0 aliphatic carbocycles. The Morgan fingerprint density at radius 1 is 1.56 bits per heavy atom. The van der Waals surface area contributed by atoms with Crippen LogP contribution < -0.4 is 10.7 Å². The van der Waals surface area contributed by atoms with Gasteiger partial charge in [0.1, 0.15) is 0 Å². The van der Waals surface area contributed by atoms with Gasteiger partial charge < -0.3 is 0 Å². The van der Waals surface area contributed by atoms with Crippen molar-refractivity contribution in [1.29, 1.82) is 0 Å². The zero-order valence-corrected chi connectivity index (χ0v) is 6.37. The Balaban J connectivity index is 3.61. The van der Waals surface area contributed by atoms with Gasteiger partial charge in [-0.3, -0.25) is 5.84 Å². The molecule has 0 saturated heterocycles. The highest BCUT2D eigenvalue weighted by Crippen LogP contribution is 1.89. The van der Waals surface area contributed by atoms with E-state index in [1.165, 1.54) is 0 Å². The van der Waals surface area contributed by atoms with Gasteiger partial charge >= 0.3 is 0 Å². The average molecular weight is 173 g/mol. The molecule has 4 nitrogen and oxygen atoms in total. The molecular weight excluding hydrogens is 164 g/mol. The summed E-state index contributed by atoms with van der Waals surface area (Å²) in [5.74, 6) is 4.99. The van der Waals surface area contributed by atoms with E-state index in [-0.39, 0.29) is 5.75 Å². The standard InChI is InChI=1S/C3H9ClN2O2S/c4-2-1-3-9(7,8)6-5/h6H,1-3,5H2. The maximum atomic E-state index is 10.5. The topological polar surface area (TPSA) is 72.2 Å². The Labute approximate surface area is 59.4 Å². The fourth-order valence-corrected chi connectivity index (χ4v) is 1.24. The monoisotopic (exact) mass is 172 g/mol. The number of sulfonamides is 1. The van der Waals surface area contributed by atoms with Crippen molar-refractivity contribution in [2.24, 2.45) is 5.84 Å². The third kappa shape index (κ3) is 4.65. The number of hydrogen-bond donors (Lipinski definition) is 2. The van der Waals surface area contributed by atoms with Crippen LogP contribution in [0.2, 0.25) is 0 Å². The summed E-state index contributed by atoms with van der Waals surface area (Å²) in [4.78, 5) is 1.69. The first-order chi connectivity index (χ1) is 4.12. The molecule has 0 atom stereocenters. The molecule has 0 aliphatic rings. The molecule has 0 rings (SSSR count). The van der Waals surface area contributed by atoms with E-state index in [9.17, 15) is 8.42 Å². The van der Waals surface area contributed by atoms with Crippen molar-refractivity contribution in [1.82, 2.24) is 4.83 Å². The molecule has 0 heterocycles. The Bertz CT molecular complexity index is 155. The summed E-state index contributed by atoms with van der Waals surface area (Å²) in [5.41, 5.74) is 0. The number of alkyl halides is 1. The van der Waals surface area contributed by atoms with Gasteiger partial charge in [-0.15, -0.1) is 11.6 Å². The summed E-state index contributed by atoms with van der Waals surface area (Å²) in [5, 5.41) is 0. The second kappa shape index (κ2) is 4.05. The molecule has 0 spiro atoms. The largest absolute Gasteiger partial charge is 0.258 e. The van der Waals surface area contributed by atoms with E-state index >= 15 is 0 Å². The highest BCUT2D eigenvalue weighted by Gasteiger charge is 2.04. The van der Waals surface area contributed by atoms with Crippen LogP contribution in [0.4, 0.5) is 0 Å². The van der Waals surface area contributed by atoms with Crippen LogP contribution in [0.3, 0.4) is 0 Å². The third-order valence-electron chi connectivity index (χ3n) is 0.726. The molecule has 0 fully saturated rings. The van der Waals surface area contributed by atoms with E-state index in [4.69, 9.17) is 11.6 Å². The van der Waals surface area contributed by atoms with E-state index < -0.39 is 10.0 Å². The SMILES string of the molecule is NNS(=O)(=O)CCCCl. The lowest BCUT2D eigenvalue weighted by atomic mass is 10.6. The number of nitrogens with two attached hydrogens (primary N) is 1. The van der Waals surface area contributed by atoms with Crippen molar-refractivity contribution in [3.8, 4) is 0 Å². The molecule has 0 aromatic carbocycles. The van der Waals surface area contributed by atoms with Crippen LogP contribution in [-0.4, -0.2) is 20.1 Å². The van der Waals surface area contributed by atoms with Crippen LogP contribution in [0.1, 0.15) is 6.42 Å². The molecule has 0 amide bonds. The van der Waals surface area contributed by atoms with Gasteiger partial charge in [-0.1, -0.05) is 0 Å². The minimum atomic E-state index is -3.24. The predicted molar refractivity (Wildman–Crippen MR) is 36.4 cm³/mol. The first-order valence-electron chi connectivity index (χ1n) is 2.38. The molecule has 0 aliphatic heterocycles. The molecule has 56 valence electrons. The molecule has 0 unspecified atom stereocenters. The maximum Gasteiger partial charge on any atom is 0.224 e. The van der Waals surface area contributed by atoms with E-state index in [1.54, 1.807) is 4.83 Å². The highest BCUT2D eigenvalue weighted by molar-refractivity contribution is 7.89. The fraction of sp³-hybridized carbons (Fsp3) is 1.00. The number of nitrogens with one attached hydrogen (secondary N) is 1. The van der Waals surface area contributed by atoms with E-state index in [0.717, 1.165) is 0 Å². The molecule has 0 aromatic heterocycles. The molecule has 0 bridgehead atoms. The number of hydrazine groups is 1. The van der Waals surface area contributed by atoms with Crippen molar-refractivity contribution in [2.45, 2.75) is 6.42 Å². The van der Waals surface area contributed by atoms with E-state index in [0.29, 0.717) is 12.3 Å². The Morgan fingerprint density at radius 2 is 2.11 bits per heavy atom. The molecular formula is C3H9ClN2O2S. The summed E-state index contributed by atoms with van der Waals surface area (Å²) >= 11 is 5.23. The highest BCUT2D eigenvalue weighted by atomic mass is 35.5. The van der Waals surface area contributed by atoms with Gasteiger partial charge in [-0.2, -0.15) is 4.83 Å². The lowest BCUT2D eigenvalue weighted by Crippen LogP contribution is -2.32. The van der Waals surface area contributed by atoms with Crippen LogP contribution in [0.25, 0.3) is 0 Å². The smallest absolute Gasteiger partial charge is 0.224 e. The van der Waals surface area contributed by atoms with Crippen molar-refractivity contribution in [3.05, 3.63) is 0 Å². The quantitative estimate of drug-likeness (QED) is 0.338. The zero-order chi connectivity index (χ0) is 7.33. The lowest BCUT2D eigenvalue weighted by molar-refractivity contribution is 0.583. The van der Waals surface area contributed by atoms with E-state index in [1.807, 2.05) is 0 Å². The minimum absolute atomic E-state index is 0.00694. The fourth-order valence-electron chi connectivity index (χ4n) is 0.303. The summed E-state index contributed by atoms with van der Waals surface area (Å²) in [6, 6.07) is 0. The predicted octanol–water partition coefficient (Wildman–Crippen LogP) is -0.592. The first kappa shape index (κ1) is 9.16. The molecule has 9 heavy (non-hydrogen) atoms. The normalized spacial score (nSPS) is 11.8. The average Bonchev–Trinajstić information content (AvgIpc) is 1.84. The van der Waals surface area contributed by atoms with Crippen LogP contribution >= 0.6 is 11.6 Å². The second-order valence-corrected chi connectivity index (χ2v) is 3.73. The van der Waals surface area contributed by atoms with E-state index in [2.05, 4.69) is 5.84 Å². The van der Waals surface area contributed by atoms with Crippen LogP contribution in [-0.2, 0) is 10.0 Å². The molecule has 3 N–H and O–H groups in total. The summed E-state index contributed by atoms with van der Waals surface area (Å²) in [6.45, 7) is 0. The van der Waals surface area contributed by atoms with Crippen molar-refractivity contribution < 1.29 is 8.42 Å². The zero-order valence-electron chi connectivity index (χ0n) is 4.80. The van der Waals surface area contributed by atoms with Crippen molar-refractivity contribution in [3.63, 3.8) is 0 Å². The first-order valence-corrected chi connectivity index (χ1v) is 4.57. The number of hydrogen-bond acceptors (Lipinski definition) is 3. The molecule has 0 radical (unpaired) electrons. The molecule has 6 heteroatoms. The van der Waals surface area contributed by atoms with Gasteiger partial charge in [0.2, 0.25) is 10.0 Å². The van der Waals surface area contributed by atoms with Crippen molar-refractivity contribution in [2.75, 3.05) is 11.6 Å². The summed E-state index contributed by atoms with van der Waals surface area (Å²) < 4.78 is 20.9. The Morgan fingerprint density at radius 3 is 2.44 bits per heavy atom. The van der Waals surface area contributed by atoms with Gasteiger partial charge in [-0.25, -0.2) is 8.42 Å². The Hall–Kier alpha value is 0.160. The van der Waals surface area contributed by atoms with Crippen LogP contribution in [0.5, 0.6) is 0 Å². The number of halogens is 1. The van der Waals surface area contributed by atoms with Crippen LogP contribution in [0, 0.1) is 0 Å². The number of rotatable bonds is 4. The summed E-state index contributed by atoms with van der Waals surface area (Å²) in [7, 11) is -3.24. The Kier molecular flexibility index (Phi) is 4.12. The van der Waals surface area contributed by atoms with Crippen LogP contribution in [0.15, 0.2) is 0 Å². The van der Waals surface area contributed by atoms with Gasteiger partial charge in [0.05, 0.1) is 5.75 Å². The lowest BCUT2D eigenvalue weighted by Gasteiger charge is -1.97. The van der Waals surface area contributed by atoms with Gasteiger partial charge in [0, 0.05) is 5.88 Å². The summed E-state index contributed by atoms with van der Waals surface area (Å²) in [6.07, 6.45) is 0.425. The maximum absolute atomic E-state index is 10.5. The van der Waals surface area contributed by atoms with Gasteiger partial charge in [-0.05, 0) is 6.42 Å². The second-order valence-electron chi connectivity index (χ2n) is 1.48. The van der Waals surface area contributed by atoms with Crippen molar-refractivity contribution >= 4 is 21.6 Å². The van der Waals surface area contributed by atoms with Gasteiger partial charge in [0.15, 0.2) is 0 Å². The third-order valence-corrected chi connectivity index (χ3v) is 2.18. The molecule has 0 aromatic rings. The minimum Gasteiger partial charge on any atom is -0.258 e. The molecule has 0 saturated carbocycles.